The number of non-ortho nitro benzene ring substituents is 1. The molecule has 0 radical (unpaired) electrons. The highest BCUT2D eigenvalue weighted by molar-refractivity contribution is 5.82. The normalized spacial score (nSPS) is 10.7. The number of amides is 1. The summed E-state index contributed by atoms with van der Waals surface area (Å²) >= 11 is 0. The van der Waals surface area contributed by atoms with Crippen molar-refractivity contribution in [1.82, 2.24) is 5.43 Å². The van der Waals surface area contributed by atoms with Crippen molar-refractivity contribution in [3.63, 3.8) is 0 Å². The first-order valence-corrected chi connectivity index (χ1v) is 9.42. The van der Waals surface area contributed by atoms with Crippen LogP contribution in [-0.4, -0.2) is 17.0 Å². The van der Waals surface area contributed by atoms with Gasteiger partial charge in [0, 0.05) is 18.6 Å². The Labute approximate surface area is 174 Å². The Morgan fingerprint density at radius 2 is 1.67 bits per heavy atom. The van der Waals surface area contributed by atoms with Crippen LogP contribution in [0, 0.1) is 10.1 Å². The molecule has 1 amide bonds. The Balaban J connectivity index is 1.42. The van der Waals surface area contributed by atoms with E-state index in [2.05, 4.69) is 10.5 Å². The largest absolute Gasteiger partial charge is 0.489 e. The highest BCUT2D eigenvalue weighted by Gasteiger charge is 2.04. The second kappa shape index (κ2) is 10.5. The van der Waals surface area contributed by atoms with Gasteiger partial charge in [-0.3, -0.25) is 14.9 Å². The van der Waals surface area contributed by atoms with Crippen molar-refractivity contribution in [2.24, 2.45) is 5.10 Å². The number of carbonyl (C=O) groups excluding carboxylic acids is 1. The number of aryl methyl sites for hydroxylation is 1. The summed E-state index contributed by atoms with van der Waals surface area (Å²) in [6.45, 7) is 0.308. The topological polar surface area (TPSA) is 93.8 Å². The summed E-state index contributed by atoms with van der Waals surface area (Å²) in [4.78, 5) is 22.1. The van der Waals surface area contributed by atoms with E-state index in [9.17, 15) is 14.9 Å². The van der Waals surface area contributed by atoms with Crippen LogP contribution in [0.1, 0.15) is 23.1 Å². The minimum absolute atomic E-state index is 0.0505. The second-order valence-corrected chi connectivity index (χ2v) is 6.56. The van der Waals surface area contributed by atoms with Gasteiger partial charge in [0.2, 0.25) is 5.91 Å². The smallest absolute Gasteiger partial charge is 0.269 e. The van der Waals surface area contributed by atoms with Gasteiger partial charge in [0.05, 0.1) is 11.1 Å². The summed E-state index contributed by atoms with van der Waals surface area (Å²) in [5.74, 6) is 0.524. The van der Waals surface area contributed by atoms with Crippen molar-refractivity contribution >= 4 is 17.8 Å². The third-order valence-electron chi connectivity index (χ3n) is 4.32. The van der Waals surface area contributed by atoms with Gasteiger partial charge in [-0.15, -0.1) is 0 Å². The van der Waals surface area contributed by atoms with Crippen LogP contribution in [0.4, 0.5) is 5.69 Å². The van der Waals surface area contributed by atoms with Crippen LogP contribution in [-0.2, 0) is 17.8 Å². The SMILES string of the molecule is O=C(CCc1ccccc1)N/N=C\c1ccc(OCc2ccc([N+](=O)[O-])cc2)cc1. The highest BCUT2D eigenvalue weighted by Crippen LogP contribution is 2.16. The summed E-state index contributed by atoms with van der Waals surface area (Å²) in [5, 5.41) is 14.6. The number of hydrazone groups is 1. The number of ether oxygens (including phenoxy) is 1. The summed E-state index contributed by atoms with van der Waals surface area (Å²) in [5.41, 5.74) is 5.35. The summed E-state index contributed by atoms with van der Waals surface area (Å²) < 4.78 is 5.68. The van der Waals surface area contributed by atoms with Crippen LogP contribution in [0.2, 0.25) is 0 Å². The van der Waals surface area contributed by atoms with E-state index < -0.39 is 4.92 Å². The van der Waals surface area contributed by atoms with Crippen molar-refractivity contribution in [2.75, 3.05) is 0 Å². The molecule has 0 unspecified atom stereocenters. The van der Waals surface area contributed by atoms with Gasteiger partial charge < -0.3 is 4.74 Å². The zero-order chi connectivity index (χ0) is 21.2. The van der Waals surface area contributed by atoms with E-state index in [1.165, 1.54) is 12.1 Å². The Hall–Kier alpha value is -4.00. The fourth-order valence-corrected chi connectivity index (χ4v) is 2.67. The molecule has 7 heteroatoms. The lowest BCUT2D eigenvalue weighted by Gasteiger charge is -2.06. The molecular formula is C23H21N3O4. The van der Waals surface area contributed by atoms with Crippen LogP contribution >= 0.6 is 0 Å². The first-order valence-electron chi connectivity index (χ1n) is 9.42. The maximum atomic E-state index is 11.9. The number of nitro groups is 1. The van der Waals surface area contributed by atoms with Crippen LogP contribution < -0.4 is 10.2 Å². The average molecular weight is 403 g/mol. The van der Waals surface area contributed by atoms with Gasteiger partial charge in [-0.05, 0) is 59.5 Å². The molecular weight excluding hydrogens is 382 g/mol. The molecule has 0 bridgehead atoms. The van der Waals surface area contributed by atoms with Gasteiger partial charge >= 0.3 is 0 Å². The number of hydrogen-bond acceptors (Lipinski definition) is 5. The molecule has 0 saturated carbocycles. The third-order valence-corrected chi connectivity index (χ3v) is 4.32. The standard InChI is InChI=1S/C23H21N3O4/c27-23(15-10-18-4-2-1-3-5-18)25-24-16-19-8-13-22(14-9-19)30-17-20-6-11-21(12-7-20)26(28)29/h1-9,11-14,16H,10,15,17H2,(H,25,27)/b24-16-. The van der Waals surface area contributed by atoms with E-state index >= 15 is 0 Å². The lowest BCUT2D eigenvalue weighted by Crippen LogP contribution is -2.17. The molecule has 152 valence electrons. The predicted molar refractivity (Wildman–Crippen MR) is 114 cm³/mol. The molecule has 0 heterocycles. The number of nitro benzene ring substituents is 1. The monoisotopic (exact) mass is 403 g/mol. The Kier molecular flexibility index (Phi) is 7.27. The molecule has 0 aliphatic carbocycles. The molecule has 7 nitrogen and oxygen atoms in total. The third kappa shape index (κ3) is 6.56. The Morgan fingerprint density at radius 3 is 2.33 bits per heavy atom. The molecule has 3 aromatic rings. The van der Waals surface area contributed by atoms with Crippen molar-refractivity contribution in [3.05, 3.63) is 106 Å². The fourth-order valence-electron chi connectivity index (χ4n) is 2.67. The fraction of sp³-hybridized carbons (Fsp3) is 0.130. The highest BCUT2D eigenvalue weighted by atomic mass is 16.6. The summed E-state index contributed by atoms with van der Waals surface area (Å²) in [7, 11) is 0. The van der Waals surface area contributed by atoms with E-state index in [4.69, 9.17) is 4.74 Å². The van der Waals surface area contributed by atoms with E-state index in [0.717, 1.165) is 16.7 Å². The van der Waals surface area contributed by atoms with Crippen LogP contribution in [0.25, 0.3) is 0 Å². The first kappa shape index (κ1) is 20.7. The lowest BCUT2D eigenvalue weighted by molar-refractivity contribution is -0.384. The van der Waals surface area contributed by atoms with Gasteiger partial charge in [0.15, 0.2) is 0 Å². The maximum absolute atomic E-state index is 11.9. The molecule has 3 aromatic carbocycles. The maximum Gasteiger partial charge on any atom is 0.269 e. The molecule has 0 atom stereocenters. The molecule has 0 aliphatic heterocycles. The van der Waals surface area contributed by atoms with Crippen LogP contribution in [0.5, 0.6) is 5.75 Å². The number of benzene rings is 3. The van der Waals surface area contributed by atoms with Gasteiger partial charge in [-0.1, -0.05) is 30.3 Å². The summed E-state index contributed by atoms with van der Waals surface area (Å²) in [6.07, 6.45) is 2.61. The lowest BCUT2D eigenvalue weighted by atomic mass is 10.1. The minimum atomic E-state index is -0.434. The number of nitrogens with one attached hydrogen (secondary N) is 1. The molecule has 3 rings (SSSR count). The Bertz CT molecular complexity index is 1000. The van der Waals surface area contributed by atoms with Gasteiger partial charge in [-0.2, -0.15) is 5.10 Å². The first-order chi connectivity index (χ1) is 14.6. The number of carbonyl (C=O) groups is 1. The number of nitrogens with zero attached hydrogens (tertiary/aromatic N) is 2. The van der Waals surface area contributed by atoms with Crippen molar-refractivity contribution in [3.8, 4) is 5.75 Å². The minimum Gasteiger partial charge on any atom is -0.489 e. The molecule has 30 heavy (non-hydrogen) atoms. The quantitative estimate of drug-likeness (QED) is 0.328. The van der Waals surface area contributed by atoms with Gasteiger partial charge in [0.25, 0.3) is 5.69 Å². The van der Waals surface area contributed by atoms with Crippen molar-refractivity contribution in [1.29, 1.82) is 0 Å². The van der Waals surface area contributed by atoms with E-state index in [0.29, 0.717) is 25.2 Å². The number of rotatable bonds is 9. The second-order valence-electron chi connectivity index (χ2n) is 6.56. The van der Waals surface area contributed by atoms with Crippen LogP contribution in [0.15, 0.2) is 84.0 Å². The molecule has 0 spiro atoms. The number of hydrogen-bond donors (Lipinski definition) is 1. The predicted octanol–water partition coefficient (Wildman–Crippen LogP) is 4.26. The van der Waals surface area contributed by atoms with E-state index in [1.54, 1.807) is 30.5 Å². The van der Waals surface area contributed by atoms with Gasteiger partial charge in [-0.25, -0.2) is 5.43 Å². The molecule has 0 fully saturated rings. The van der Waals surface area contributed by atoms with Crippen molar-refractivity contribution < 1.29 is 14.5 Å². The summed E-state index contributed by atoms with van der Waals surface area (Å²) in [6, 6.07) is 23.3. The molecule has 0 aromatic heterocycles. The Morgan fingerprint density at radius 1 is 0.967 bits per heavy atom. The van der Waals surface area contributed by atoms with Crippen LogP contribution in [0.3, 0.4) is 0 Å². The molecule has 0 saturated heterocycles. The molecule has 1 N–H and O–H groups in total. The van der Waals surface area contributed by atoms with E-state index in [-0.39, 0.29) is 11.6 Å². The zero-order valence-electron chi connectivity index (χ0n) is 16.2. The van der Waals surface area contributed by atoms with Crippen molar-refractivity contribution in [2.45, 2.75) is 19.4 Å². The van der Waals surface area contributed by atoms with Gasteiger partial charge in [0.1, 0.15) is 12.4 Å². The average Bonchev–Trinajstić information content (AvgIpc) is 2.78. The zero-order valence-corrected chi connectivity index (χ0v) is 16.2. The molecule has 0 aliphatic rings. The van der Waals surface area contributed by atoms with E-state index in [1.807, 2.05) is 42.5 Å².